The lowest BCUT2D eigenvalue weighted by atomic mass is 10.0. The highest BCUT2D eigenvalue weighted by molar-refractivity contribution is 9.10. The van der Waals surface area contributed by atoms with Gasteiger partial charge in [0.15, 0.2) is 0 Å². The van der Waals surface area contributed by atoms with Crippen LogP contribution in [0.2, 0.25) is 0 Å². The Morgan fingerprint density at radius 3 is 2.45 bits per heavy atom. The number of ether oxygens (including phenoxy) is 2. The number of aromatic nitrogens is 2. The third kappa shape index (κ3) is 5.06. The van der Waals surface area contributed by atoms with Crippen molar-refractivity contribution in [2.45, 2.75) is 6.04 Å². The predicted octanol–water partition coefficient (Wildman–Crippen LogP) is 4.12. The minimum absolute atomic E-state index is 0.240. The van der Waals surface area contributed by atoms with E-state index in [0.29, 0.717) is 17.3 Å². The summed E-state index contributed by atoms with van der Waals surface area (Å²) >= 11 is 3.48. The number of hydrogen-bond acceptors (Lipinski definition) is 4. The first-order chi connectivity index (χ1) is 14.0. The topological polar surface area (TPSA) is 65.4 Å². The summed E-state index contributed by atoms with van der Waals surface area (Å²) in [5.74, 6) is 1.73. The number of nitrogens with zero attached hydrogens (tertiary/aromatic N) is 2. The first-order valence-corrected chi connectivity index (χ1v) is 9.74. The van der Waals surface area contributed by atoms with Gasteiger partial charge in [-0.15, -0.1) is 0 Å². The predicted molar refractivity (Wildman–Crippen MR) is 116 cm³/mol. The van der Waals surface area contributed by atoms with Crippen molar-refractivity contribution in [3.63, 3.8) is 0 Å². The molecule has 150 valence electrons. The minimum atomic E-state index is -0.477. The highest BCUT2D eigenvalue weighted by Crippen LogP contribution is 2.29. The van der Waals surface area contributed by atoms with Crippen molar-refractivity contribution in [1.82, 2.24) is 14.9 Å². The van der Waals surface area contributed by atoms with Crippen molar-refractivity contribution >= 4 is 27.9 Å². The molecule has 0 spiro atoms. The van der Waals surface area contributed by atoms with Crippen LogP contribution in [-0.2, 0) is 11.8 Å². The fourth-order valence-electron chi connectivity index (χ4n) is 2.91. The number of halogens is 1. The number of amides is 1. The van der Waals surface area contributed by atoms with E-state index in [-0.39, 0.29) is 5.91 Å². The molecule has 3 rings (SSSR count). The normalized spacial score (nSPS) is 12.0. The standard InChI is InChI=1S/C22H22BrN3O3/c1-26-11-10-24-22(26)21(16-12-17(28-2)14-18(13-16)29-3)25-20(27)9-8-15-6-4-5-7-19(15)23/h4-14,21H,1-3H3,(H,25,27)/b9-8+. The van der Waals surface area contributed by atoms with Crippen LogP contribution in [0.5, 0.6) is 11.5 Å². The molecule has 1 unspecified atom stereocenters. The van der Waals surface area contributed by atoms with Crippen molar-refractivity contribution in [2.75, 3.05) is 14.2 Å². The van der Waals surface area contributed by atoms with Crippen LogP contribution in [0.4, 0.5) is 0 Å². The molecule has 1 amide bonds. The second-order valence-electron chi connectivity index (χ2n) is 6.34. The molecular formula is C22H22BrN3O3. The highest BCUT2D eigenvalue weighted by Gasteiger charge is 2.21. The molecule has 0 radical (unpaired) electrons. The van der Waals surface area contributed by atoms with Gasteiger partial charge in [0, 0.05) is 36.1 Å². The van der Waals surface area contributed by atoms with Crippen LogP contribution in [0.15, 0.2) is 65.4 Å². The Morgan fingerprint density at radius 2 is 1.86 bits per heavy atom. The monoisotopic (exact) mass is 455 g/mol. The third-order valence-corrected chi connectivity index (χ3v) is 5.15. The second kappa shape index (κ2) is 9.43. The molecule has 0 aliphatic rings. The molecule has 1 N–H and O–H groups in total. The molecule has 1 heterocycles. The van der Waals surface area contributed by atoms with Gasteiger partial charge in [0.1, 0.15) is 23.4 Å². The lowest BCUT2D eigenvalue weighted by molar-refractivity contribution is -0.117. The minimum Gasteiger partial charge on any atom is -0.497 e. The summed E-state index contributed by atoms with van der Waals surface area (Å²) in [6.45, 7) is 0. The van der Waals surface area contributed by atoms with Crippen LogP contribution < -0.4 is 14.8 Å². The zero-order valence-electron chi connectivity index (χ0n) is 16.4. The van der Waals surface area contributed by atoms with Crippen molar-refractivity contribution in [3.05, 3.63) is 82.4 Å². The Bertz CT molecular complexity index is 1010. The van der Waals surface area contributed by atoms with Crippen LogP contribution in [-0.4, -0.2) is 29.7 Å². The molecule has 0 aliphatic carbocycles. The first kappa shape index (κ1) is 20.7. The molecular weight excluding hydrogens is 434 g/mol. The van der Waals surface area contributed by atoms with Gasteiger partial charge in [-0.2, -0.15) is 0 Å². The molecule has 3 aromatic rings. The van der Waals surface area contributed by atoms with Gasteiger partial charge in [0.25, 0.3) is 0 Å². The van der Waals surface area contributed by atoms with E-state index in [9.17, 15) is 4.79 Å². The SMILES string of the molecule is COc1cc(OC)cc(C(NC(=O)/C=C/c2ccccc2Br)c2nccn2C)c1. The Balaban J connectivity index is 1.92. The Hall–Kier alpha value is -3.06. The number of imidazole rings is 1. The number of hydrogen-bond donors (Lipinski definition) is 1. The van der Waals surface area contributed by atoms with E-state index >= 15 is 0 Å². The largest absolute Gasteiger partial charge is 0.497 e. The van der Waals surface area contributed by atoms with Crippen molar-refractivity contribution in [3.8, 4) is 11.5 Å². The maximum absolute atomic E-state index is 12.7. The summed E-state index contributed by atoms with van der Waals surface area (Å²) in [5.41, 5.74) is 1.72. The molecule has 0 saturated heterocycles. The number of nitrogens with one attached hydrogen (secondary N) is 1. The summed E-state index contributed by atoms with van der Waals surface area (Å²) < 4.78 is 13.5. The molecule has 7 heteroatoms. The van der Waals surface area contributed by atoms with Crippen LogP contribution in [0.25, 0.3) is 6.08 Å². The average Bonchev–Trinajstić information content (AvgIpc) is 3.16. The first-order valence-electron chi connectivity index (χ1n) is 8.95. The van der Waals surface area contributed by atoms with Crippen LogP contribution in [0, 0.1) is 0 Å². The van der Waals surface area contributed by atoms with Crippen LogP contribution in [0.1, 0.15) is 23.0 Å². The van der Waals surface area contributed by atoms with Gasteiger partial charge in [0.2, 0.25) is 5.91 Å². The molecule has 0 aliphatic heterocycles. The number of aryl methyl sites for hydroxylation is 1. The number of benzene rings is 2. The van der Waals surface area contributed by atoms with Crippen molar-refractivity contribution < 1.29 is 14.3 Å². The van der Waals surface area contributed by atoms with Gasteiger partial charge >= 0.3 is 0 Å². The smallest absolute Gasteiger partial charge is 0.244 e. The summed E-state index contributed by atoms with van der Waals surface area (Å²) in [4.78, 5) is 17.1. The van der Waals surface area contributed by atoms with Gasteiger partial charge in [-0.25, -0.2) is 4.98 Å². The Labute approximate surface area is 178 Å². The average molecular weight is 456 g/mol. The van der Waals surface area contributed by atoms with Crippen molar-refractivity contribution in [2.24, 2.45) is 7.05 Å². The summed E-state index contributed by atoms with van der Waals surface area (Å²) in [6, 6.07) is 12.7. The fourth-order valence-corrected chi connectivity index (χ4v) is 3.33. The maximum Gasteiger partial charge on any atom is 0.244 e. The third-order valence-electron chi connectivity index (χ3n) is 4.43. The highest BCUT2D eigenvalue weighted by atomic mass is 79.9. The van der Waals surface area contributed by atoms with E-state index in [0.717, 1.165) is 15.6 Å². The van der Waals surface area contributed by atoms with Crippen molar-refractivity contribution in [1.29, 1.82) is 0 Å². The molecule has 1 aromatic heterocycles. The molecule has 1 atom stereocenters. The molecule has 6 nitrogen and oxygen atoms in total. The van der Waals surface area contributed by atoms with Crippen LogP contribution >= 0.6 is 15.9 Å². The van der Waals surface area contributed by atoms with Crippen LogP contribution in [0.3, 0.4) is 0 Å². The quantitative estimate of drug-likeness (QED) is 0.544. The maximum atomic E-state index is 12.7. The summed E-state index contributed by atoms with van der Waals surface area (Å²) in [6.07, 6.45) is 6.81. The zero-order chi connectivity index (χ0) is 20.8. The number of carbonyl (C=O) groups is 1. The molecule has 2 aromatic carbocycles. The lowest BCUT2D eigenvalue weighted by Crippen LogP contribution is -2.29. The van der Waals surface area contributed by atoms with E-state index in [1.54, 1.807) is 32.6 Å². The summed E-state index contributed by atoms with van der Waals surface area (Å²) in [5, 5.41) is 3.03. The number of carbonyl (C=O) groups excluding carboxylic acids is 1. The molecule has 0 bridgehead atoms. The zero-order valence-corrected chi connectivity index (χ0v) is 18.0. The van der Waals surface area contributed by atoms with E-state index in [1.165, 1.54) is 6.08 Å². The molecule has 0 saturated carbocycles. The molecule has 29 heavy (non-hydrogen) atoms. The lowest BCUT2D eigenvalue weighted by Gasteiger charge is -2.20. The second-order valence-corrected chi connectivity index (χ2v) is 7.19. The van der Waals surface area contributed by atoms with Gasteiger partial charge < -0.3 is 19.4 Å². The molecule has 0 fully saturated rings. The van der Waals surface area contributed by atoms with E-state index < -0.39 is 6.04 Å². The van der Waals surface area contributed by atoms with E-state index in [1.807, 2.05) is 54.2 Å². The summed E-state index contributed by atoms with van der Waals surface area (Å²) in [7, 11) is 5.07. The number of methoxy groups -OCH3 is 2. The Kier molecular flexibility index (Phi) is 6.72. The van der Waals surface area contributed by atoms with E-state index in [4.69, 9.17) is 9.47 Å². The number of rotatable bonds is 7. The van der Waals surface area contributed by atoms with Gasteiger partial charge in [-0.3, -0.25) is 4.79 Å². The fraction of sp³-hybridized carbons (Fsp3) is 0.182. The van der Waals surface area contributed by atoms with Gasteiger partial charge in [-0.1, -0.05) is 34.1 Å². The van der Waals surface area contributed by atoms with Gasteiger partial charge in [-0.05, 0) is 35.4 Å². The van der Waals surface area contributed by atoms with E-state index in [2.05, 4.69) is 26.2 Å². The Morgan fingerprint density at radius 1 is 1.17 bits per heavy atom. The van der Waals surface area contributed by atoms with Gasteiger partial charge in [0.05, 0.1) is 14.2 Å².